The maximum Gasteiger partial charge on any atom is 0.0409 e. The van der Waals surface area contributed by atoms with Crippen molar-refractivity contribution in [2.24, 2.45) is 5.73 Å². The van der Waals surface area contributed by atoms with E-state index in [0.717, 1.165) is 25.7 Å². The van der Waals surface area contributed by atoms with Crippen LogP contribution in [0.25, 0.3) is 0 Å². The average molecular weight is 203 g/mol. The molecule has 1 saturated carbocycles. The average Bonchev–Trinajstić information content (AvgIpc) is 2.25. The van der Waals surface area contributed by atoms with Gasteiger partial charge in [0, 0.05) is 5.54 Å². The highest BCUT2D eigenvalue weighted by molar-refractivity contribution is 5.36. The second-order valence-corrected chi connectivity index (χ2v) is 4.70. The summed E-state index contributed by atoms with van der Waals surface area (Å²) in [5.74, 6) is 0. The van der Waals surface area contributed by atoms with Gasteiger partial charge >= 0.3 is 0 Å². The number of benzene rings is 1. The van der Waals surface area contributed by atoms with E-state index in [-0.39, 0.29) is 5.54 Å². The van der Waals surface area contributed by atoms with Crippen LogP contribution in [0.15, 0.2) is 18.2 Å². The molecule has 1 nitrogen and oxygen atoms in total. The summed E-state index contributed by atoms with van der Waals surface area (Å²) in [4.78, 5) is 0. The molecule has 1 heteroatoms. The lowest BCUT2D eigenvalue weighted by Gasteiger charge is -2.39. The van der Waals surface area contributed by atoms with Gasteiger partial charge in [-0.15, -0.1) is 0 Å². The zero-order chi connectivity index (χ0) is 10.9. The summed E-state index contributed by atoms with van der Waals surface area (Å²) in [5.41, 5.74) is 10.6. The summed E-state index contributed by atoms with van der Waals surface area (Å²) in [6.45, 7) is 4.44. The fraction of sp³-hybridized carbons (Fsp3) is 0.571. The molecule has 1 aliphatic carbocycles. The molecule has 0 amide bonds. The van der Waals surface area contributed by atoms with Crippen molar-refractivity contribution in [3.8, 4) is 0 Å². The third-order valence-electron chi connectivity index (χ3n) is 3.79. The van der Waals surface area contributed by atoms with Gasteiger partial charge < -0.3 is 5.73 Å². The summed E-state index contributed by atoms with van der Waals surface area (Å²) >= 11 is 0. The van der Waals surface area contributed by atoms with Gasteiger partial charge in [0.1, 0.15) is 0 Å². The third kappa shape index (κ3) is 1.81. The Morgan fingerprint density at radius 1 is 1.13 bits per heavy atom. The molecule has 0 atom stereocenters. The van der Waals surface area contributed by atoms with E-state index in [1.807, 2.05) is 0 Å². The van der Waals surface area contributed by atoms with Gasteiger partial charge in [0.05, 0.1) is 0 Å². The molecule has 2 N–H and O–H groups in total. The van der Waals surface area contributed by atoms with Gasteiger partial charge in [0.2, 0.25) is 0 Å². The van der Waals surface area contributed by atoms with Crippen LogP contribution in [-0.4, -0.2) is 0 Å². The molecule has 0 radical (unpaired) electrons. The van der Waals surface area contributed by atoms with Gasteiger partial charge in [0.15, 0.2) is 0 Å². The molecule has 1 aromatic carbocycles. The Hall–Kier alpha value is -0.820. The standard InChI is InChI=1S/C14H21N/c1-3-11-6-7-13(10-12(11)4-2)14(15)8-5-9-14/h6-7,10H,3-5,8-9,15H2,1-2H3. The lowest BCUT2D eigenvalue weighted by Crippen LogP contribution is -2.43. The van der Waals surface area contributed by atoms with Crippen molar-refractivity contribution in [1.82, 2.24) is 0 Å². The van der Waals surface area contributed by atoms with Crippen LogP contribution in [0.2, 0.25) is 0 Å². The van der Waals surface area contributed by atoms with Crippen molar-refractivity contribution in [1.29, 1.82) is 0 Å². The molecule has 0 unspecified atom stereocenters. The van der Waals surface area contributed by atoms with E-state index in [9.17, 15) is 0 Å². The second-order valence-electron chi connectivity index (χ2n) is 4.70. The largest absolute Gasteiger partial charge is 0.321 e. The SMILES string of the molecule is CCc1ccc(C2(N)CCC2)cc1CC. The van der Waals surface area contributed by atoms with Gasteiger partial charge in [-0.3, -0.25) is 0 Å². The van der Waals surface area contributed by atoms with Gasteiger partial charge in [-0.2, -0.15) is 0 Å². The van der Waals surface area contributed by atoms with E-state index >= 15 is 0 Å². The van der Waals surface area contributed by atoms with Crippen LogP contribution >= 0.6 is 0 Å². The van der Waals surface area contributed by atoms with Crippen molar-refractivity contribution in [2.45, 2.75) is 51.5 Å². The van der Waals surface area contributed by atoms with Crippen LogP contribution in [0.3, 0.4) is 0 Å². The molecule has 1 fully saturated rings. The van der Waals surface area contributed by atoms with Crippen LogP contribution in [0.4, 0.5) is 0 Å². The Kier molecular flexibility index (Phi) is 2.83. The Bertz CT molecular complexity index is 350. The summed E-state index contributed by atoms with van der Waals surface area (Å²) in [5, 5.41) is 0. The highest BCUT2D eigenvalue weighted by atomic mass is 14.8. The highest BCUT2D eigenvalue weighted by Crippen LogP contribution is 2.39. The fourth-order valence-corrected chi connectivity index (χ4v) is 2.46. The first-order chi connectivity index (χ1) is 7.19. The van der Waals surface area contributed by atoms with Crippen LogP contribution in [-0.2, 0) is 18.4 Å². The molecule has 0 aliphatic heterocycles. The molecule has 2 rings (SSSR count). The molecule has 0 aromatic heterocycles. The topological polar surface area (TPSA) is 26.0 Å². The van der Waals surface area contributed by atoms with Gasteiger partial charge in [-0.1, -0.05) is 32.0 Å². The molecular formula is C14H21N. The molecule has 0 spiro atoms. The Morgan fingerprint density at radius 2 is 1.80 bits per heavy atom. The monoisotopic (exact) mass is 203 g/mol. The zero-order valence-corrected chi connectivity index (χ0v) is 9.84. The summed E-state index contributed by atoms with van der Waals surface area (Å²) < 4.78 is 0. The zero-order valence-electron chi connectivity index (χ0n) is 9.84. The third-order valence-corrected chi connectivity index (χ3v) is 3.79. The van der Waals surface area contributed by atoms with Crippen LogP contribution in [0, 0.1) is 0 Å². The van der Waals surface area contributed by atoms with E-state index < -0.39 is 0 Å². The van der Waals surface area contributed by atoms with Crippen molar-refractivity contribution < 1.29 is 0 Å². The maximum absolute atomic E-state index is 6.34. The van der Waals surface area contributed by atoms with Gasteiger partial charge in [0.25, 0.3) is 0 Å². The van der Waals surface area contributed by atoms with Crippen molar-refractivity contribution >= 4 is 0 Å². The maximum atomic E-state index is 6.34. The Morgan fingerprint density at radius 3 is 2.27 bits per heavy atom. The van der Waals surface area contributed by atoms with E-state index in [1.165, 1.54) is 23.1 Å². The lowest BCUT2D eigenvalue weighted by atomic mass is 9.72. The van der Waals surface area contributed by atoms with Crippen LogP contribution < -0.4 is 5.73 Å². The van der Waals surface area contributed by atoms with E-state index in [4.69, 9.17) is 5.73 Å². The Labute approximate surface area is 92.7 Å². The first-order valence-corrected chi connectivity index (χ1v) is 6.11. The quantitative estimate of drug-likeness (QED) is 0.802. The second kappa shape index (κ2) is 3.97. The molecule has 15 heavy (non-hydrogen) atoms. The minimum atomic E-state index is -0.00378. The molecule has 0 heterocycles. The van der Waals surface area contributed by atoms with E-state index in [1.54, 1.807) is 0 Å². The van der Waals surface area contributed by atoms with Crippen molar-refractivity contribution in [3.63, 3.8) is 0 Å². The summed E-state index contributed by atoms with van der Waals surface area (Å²) in [7, 11) is 0. The van der Waals surface area contributed by atoms with Crippen molar-refractivity contribution in [2.75, 3.05) is 0 Å². The molecular weight excluding hydrogens is 182 g/mol. The number of nitrogens with two attached hydrogens (primary N) is 1. The first kappa shape index (κ1) is 10.7. The minimum Gasteiger partial charge on any atom is -0.321 e. The summed E-state index contributed by atoms with van der Waals surface area (Å²) in [6, 6.07) is 6.83. The number of rotatable bonds is 3. The van der Waals surface area contributed by atoms with Crippen LogP contribution in [0.5, 0.6) is 0 Å². The molecule has 0 saturated heterocycles. The highest BCUT2D eigenvalue weighted by Gasteiger charge is 2.34. The number of aryl methyl sites for hydroxylation is 2. The minimum absolute atomic E-state index is 0.00378. The first-order valence-electron chi connectivity index (χ1n) is 6.11. The van der Waals surface area contributed by atoms with E-state index in [2.05, 4.69) is 32.0 Å². The lowest BCUT2D eigenvalue weighted by molar-refractivity contribution is 0.253. The van der Waals surface area contributed by atoms with Gasteiger partial charge in [-0.05, 0) is 48.8 Å². The molecule has 0 bridgehead atoms. The molecule has 1 aromatic rings. The van der Waals surface area contributed by atoms with Gasteiger partial charge in [-0.25, -0.2) is 0 Å². The fourth-order valence-electron chi connectivity index (χ4n) is 2.46. The number of hydrogen-bond acceptors (Lipinski definition) is 1. The smallest absolute Gasteiger partial charge is 0.0409 e. The van der Waals surface area contributed by atoms with E-state index in [0.29, 0.717) is 0 Å². The molecule has 1 aliphatic rings. The molecule has 82 valence electrons. The predicted octanol–water partition coefficient (Wildman–Crippen LogP) is 3.15. The number of hydrogen-bond donors (Lipinski definition) is 1. The predicted molar refractivity (Wildman–Crippen MR) is 64.9 cm³/mol. The van der Waals surface area contributed by atoms with Crippen molar-refractivity contribution in [3.05, 3.63) is 34.9 Å². The normalized spacial score (nSPS) is 18.6. The van der Waals surface area contributed by atoms with Crippen LogP contribution in [0.1, 0.15) is 49.8 Å². The Balaban J connectivity index is 2.34. The summed E-state index contributed by atoms with van der Waals surface area (Å²) in [6.07, 6.45) is 5.84.